The van der Waals surface area contributed by atoms with Gasteiger partial charge in [-0.15, -0.1) is 0 Å². The molecule has 0 spiro atoms. The molecule has 0 aromatic rings. The molecule has 2 atom stereocenters. The van der Waals surface area contributed by atoms with Crippen molar-refractivity contribution >= 4 is 11.9 Å². The van der Waals surface area contributed by atoms with E-state index >= 15 is 0 Å². The summed E-state index contributed by atoms with van der Waals surface area (Å²) in [7, 11) is 1.51. The number of carboxylic acids is 1. The molecule has 1 aliphatic rings. The van der Waals surface area contributed by atoms with Gasteiger partial charge in [0.25, 0.3) is 0 Å². The molecule has 0 aromatic carbocycles. The van der Waals surface area contributed by atoms with Crippen LogP contribution in [0.5, 0.6) is 0 Å². The highest BCUT2D eigenvalue weighted by atomic mass is 16.5. The molecule has 1 aliphatic heterocycles. The normalized spacial score (nSPS) is 24.8. The van der Waals surface area contributed by atoms with Crippen LogP contribution < -0.4 is 10.6 Å². The van der Waals surface area contributed by atoms with Crippen molar-refractivity contribution in [1.82, 2.24) is 10.6 Å². The molecule has 1 saturated heterocycles. The van der Waals surface area contributed by atoms with E-state index in [0.717, 1.165) is 13.0 Å². The molecule has 6 nitrogen and oxygen atoms in total. The third-order valence-corrected chi connectivity index (χ3v) is 3.62. The van der Waals surface area contributed by atoms with Gasteiger partial charge in [-0.2, -0.15) is 0 Å². The standard InChI is InChI=1S/C12H22N2O4/c1-3-12(5-6-13-8-12)11(17)14-9(10(15)16)4-7-18-2/h9,13H,3-8H2,1-2H3,(H,14,17)(H,15,16). The number of hydrogen-bond donors (Lipinski definition) is 3. The van der Waals surface area contributed by atoms with Gasteiger partial charge in [-0.3, -0.25) is 4.79 Å². The highest BCUT2D eigenvalue weighted by molar-refractivity contribution is 5.87. The number of carboxylic acid groups (broad SMARTS) is 1. The fraction of sp³-hybridized carbons (Fsp3) is 0.833. The lowest BCUT2D eigenvalue weighted by Gasteiger charge is -2.27. The van der Waals surface area contributed by atoms with Crippen molar-refractivity contribution in [2.75, 3.05) is 26.8 Å². The minimum absolute atomic E-state index is 0.168. The molecule has 1 rings (SSSR count). The van der Waals surface area contributed by atoms with E-state index in [4.69, 9.17) is 9.84 Å². The Morgan fingerprint density at radius 2 is 2.28 bits per heavy atom. The monoisotopic (exact) mass is 258 g/mol. The number of aliphatic carboxylic acids is 1. The van der Waals surface area contributed by atoms with Crippen LogP contribution in [0.2, 0.25) is 0 Å². The SMILES string of the molecule is CCC1(C(=O)NC(CCOC)C(=O)O)CCNC1. The molecular weight excluding hydrogens is 236 g/mol. The zero-order valence-electron chi connectivity index (χ0n) is 11.0. The average Bonchev–Trinajstić information content (AvgIpc) is 2.83. The Hall–Kier alpha value is -1.14. The van der Waals surface area contributed by atoms with Crippen LogP contribution in [0.3, 0.4) is 0 Å². The molecule has 1 amide bonds. The molecule has 1 heterocycles. The first-order valence-electron chi connectivity index (χ1n) is 6.29. The Bertz CT molecular complexity index is 300. The average molecular weight is 258 g/mol. The number of carbonyl (C=O) groups excluding carboxylic acids is 1. The van der Waals surface area contributed by atoms with Gasteiger partial charge in [0, 0.05) is 26.7 Å². The second-order valence-electron chi connectivity index (χ2n) is 4.71. The summed E-state index contributed by atoms with van der Waals surface area (Å²) >= 11 is 0. The number of rotatable bonds is 7. The van der Waals surface area contributed by atoms with Crippen LogP contribution in [-0.4, -0.2) is 49.8 Å². The van der Waals surface area contributed by atoms with Crippen LogP contribution in [0.1, 0.15) is 26.2 Å². The third-order valence-electron chi connectivity index (χ3n) is 3.62. The Kier molecular flexibility index (Phi) is 5.55. The molecule has 104 valence electrons. The van der Waals surface area contributed by atoms with Gasteiger partial charge in [0.1, 0.15) is 6.04 Å². The van der Waals surface area contributed by atoms with Gasteiger partial charge in [-0.05, 0) is 19.4 Å². The topological polar surface area (TPSA) is 87.7 Å². The predicted octanol–water partition coefficient (Wildman–Crippen LogP) is -0.0180. The molecule has 0 saturated carbocycles. The summed E-state index contributed by atoms with van der Waals surface area (Å²) in [5.41, 5.74) is -0.458. The van der Waals surface area contributed by atoms with Crippen LogP contribution >= 0.6 is 0 Å². The van der Waals surface area contributed by atoms with Gasteiger partial charge in [0.15, 0.2) is 0 Å². The van der Waals surface area contributed by atoms with Gasteiger partial charge < -0.3 is 20.5 Å². The summed E-state index contributed by atoms with van der Waals surface area (Å²) in [6.07, 6.45) is 1.75. The highest BCUT2D eigenvalue weighted by Crippen LogP contribution is 2.29. The molecule has 0 aliphatic carbocycles. The molecule has 6 heteroatoms. The first-order chi connectivity index (χ1) is 8.55. The zero-order valence-corrected chi connectivity index (χ0v) is 11.0. The van der Waals surface area contributed by atoms with Crippen molar-refractivity contribution in [2.45, 2.75) is 32.2 Å². The Balaban J connectivity index is 2.62. The molecule has 2 unspecified atom stereocenters. The van der Waals surface area contributed by atoms with Crippen LogP contribution in [0.4, 0.5) is 0 Å². The van der Waals surface area contributed by atoms with E-state index in [0.29, 0.717) is 19.6 Å². The first kappa shape index (κ1) is 14.9. The molecule has 1 fully saturated rings. The number of carbonyl (C=O) groups is 2. The minimum Gasteiger partial charge on any atom is -0.480 e. The second kappa shape index (κ2) is 6.70. The number of amides is 1. The summed E-state index contributed by atoms with van der Waals surface area (Å²) in [5.74, 6) is -1.18. The van der Waals surface area contributed by atoms with Crippen molar-refractivity contribution in [2.24, 2.45) is 5.41 Å². The smallest absolute Gasteiger partial charge is 0.326 e. The number of hydrogen-bond acceptors (Lipinski definition) is 4. The molecule has 0 radical (unpaired) electrons. The molecule has 0 aromatic heterocycles. The van der Waals surface area contributed by atoms with E-state index in [1.807, 2.05) is 6.92 Å². The van der Waals surface area contributed by atoms with E-state index in [1.54, 1.807) is 0 Å². The van der Waals surface area contributed by atoms with Gasteiger partial charge in [0.05, 0.1) is 5.41 Å². The Morgan fingerprint density at radius 1 is 1.56 bits per heavy atom. The Morgan fingerprint density at radius 3 is 2.72 bits per heavy atom. The molecule has 3 N–H and O–H groups in total. The van der Waals surface area contributed by atoms with Crippen LogP contribution in [0.25, 0.3) is 0 Å². The lowest BCUT2D eigenvalue weighted by Crippen LogP contribution is -2.49. The number of ether oxygens (including phenoxy) is 1. The fourth-order valence-electron chi connectivity index (χ4n) is 2.20. The number of nitrogens with one attached hydrogen (secondary N) is 2. The third kappa shape index (κ3) is 3.43. The maximum Gasteiger partial charge on any atom is 0.326 e. The summed E-state index contributed by atoms with van der Waals surface area (Å²) in [4.78, 5) is 23.3. The fourth-order valence-corrected chi connectivity index (χ4v) is 2.20. The summed E-state index contributed by atoms with van der Waals surface area (Å²) < 4.78 is 4.85. The largest absolute Gasteiger partial charge is 0.480 e. The first-order valence-corrected chi connectivity index (χ1v) is 6.29. The number of methoxy groups -OCH3 is 1. The summed E-state index contributed by atoms with van der Waals surface area (Å²) in [6.45, 7) is 3.69. The molecular formula is C12H22N2O4. The summed E-state index contributed by atoms with van der Waals surface area (Å²) in [5, 5.41) is 14.8. The molecule has 0 bridgehead atoms. The predicted molar refractivity (Wildman–Crippen MR) is 66.3 cm³/mol. The lowest BCUT2D eigenvalue weighted by atomic mass is 9.83. The quantitative estimate of drug-likeness (QED) is 0.597. The van der Waals surface area contributed by atoms with Crippen LogP contribution in [0.15, 0.2) is 0 Å². The lowest BCUT2D eigenvalue weighted by molar-refractivity contribution is -0.144. The highest BCUT2D eigenvalue weighted by Gasteiger charge is 2.40. The van der Waals surface area contributed by atoms with Gasteiger partial charge in [-0.1, -0.05) is 6.92 Å². The maximum absolute atomic E-state index is 12.2. The van der Waals surface area contributed by atoms with Crippen LogP contribution in [-0.2, 0) is 14.3 Å². The maximum atomic E-state index is 12.2. The Labute approximate surface area is 107 Å². The summed E-state index contributed by atoms with van der Waals surface area (Å²) in [6, 6.07) is -0.874. The van der Waals surface area contributed by atoms with Crippen LogP contribution in [0, 0.1) is 5.41 Å². The van der Waals surface area contributed by atoms with E-state index in [-0.39, 0.29) is 12.3 Å². The van der Waals surface area contributed by atoms with E-state index in [2.05, 4.69) is 10.6 Å². The van der Waals surface area contributed by atoms with E-state index in [9.17, 15) is 9.59 Å². The molecule has 18 heavy (non-hydrogen) atoms. The van der Waals surface area contributed by atoms with E-state index < -0.39 is 17.4 Å². The minimum atomic E-state index is -1.02. The van der Waals surface area contributed by atoms with Crippen molar-refractivity contribution in [1.29, 1.82) is 0 Å². The van der Waals surface area contributed by atoms with Gasteiger partial charge in [0.2, 0.25) is 5.91 Å². The van der Waals surface area contributed by atoms with Crippen molar-refractivity contribution in [3.05, 3.63) is 0 Å². The zero-order chi connectivity index (χ0) is 13.6. The van der Waals surface area contributed by atoms with Crippen molar-refractivity contribution < 1.29 is 19.4 Å². The van der Waals surface area contributed by atoms with Gasteiger partial charge >= 0.3 is 5.97 Å². The van der Waals surface area contributed by atoms with Crippen molar-refractivity contribution in [3.63, 3.8) is 0 Å². The van der Waals surface area contributed by atoms with Gasteiger partial charge in [-0.25, -0.2) is 4.79 Å². The van der Waals surface area contributed by atoms with Crippen molar-refractivity contribution in [3.8, 4) is 0 Å². The second-order valence-corrected chi connectivity index (χ2v) is 4.71. The van der Waals surface area contributed by atoms with E-state index in [1.165, 1.54) is 7.11 Å².